The van der Waals surface area contributed by atoms with Crippen molar-refractivity contribution in [1.29, 1.82) is 0 Å². The van der Waals surface area contributed by atoms with Crippen LogP contribution in [0.4, 0.5) is 0 Å². The highest BCUT2D eigenvalue weighted by Gasteiger charge is 2.20. The van der Waals surface area contributed by atoms with E-state index in [-0.39, 0.29) is 18.4 Å². The number of rotatable bonds is 6. The van der Waals surface area contributed by atoms with Crippen LogP contribution in [0.25, 0.3) is 11.5 Å². The summed E-state index contributed by atoms with van der Waals surface area (Å²) in [5, 5.41) is 2.85. The number of hydrogen-bond donors (Lipinski definition) is 1. The molecule has 0 unspecified atom stereocenters. The molecule has 3 aromatic rings. The lowest BCUT2D eigenvalue weighted by Gasteiger charge is -2.07. The highest BCUT2D eigenvalue weighted by Crippen LogP contribution is 2.33. The third kappa shape index (κ3) is 3.69. The van der Waals surface area contributed by atoms with Crippen LogP contribution >= 0.6 is 0 Å². The molecule has 0 atom stereocenters. The van der Waals surface area contributed by atoms with Crippen molar-refractivity contribution in [3.63, 3.8) is 0 Å². The van der Waals surface area contributed by atoms with Crippen LogP contribution in [0.1, 0.15) is 21.8 Å². The van der Waals surface area contributed by atoms with Gasteiger partial charge in [-0.3, -0.25) is 4.79 Å². The average molecular weight is 396 g/mol. The number of benzene rings is 2. The molecular formula is C21H20N2O6. The van der Waals surface area contributed by atoms with Gasteiger partial charge in [-0.05, 0) is 42.8 Å². The molecule has 2 aromatic carbocycles. The SMILES string of the molecule is COc1ccc(-c2nc(C(=O)NCc3ccc4c(c3)OCO4)c(C)o2)cc1OC. The fourth-order valence-electron chi connectivity index (χ4n) is 3.02. The number of carbonyl (C=O) groups is 1. The van der Waals surface area contributed by atoms with Crippen molar-refractivity contribution in [3.05, 3.63) is 53.4 Å². The number of carbonyl (C=O) groups excluding carboxylic acids is 1. The number of ether oxygens (including phenoxy) is 4. The number of aromatic nitrogens is 1. The van der Waals surface area contributed by atoms with Crippen LogP contribution in [0, 0.1) is 6.92 Å². The van der Waals surface area contributed by atoms with Crippen LogP contribution < -0.4 is 24.3 Å². The molecule has 0 saturated carbocycles. The smallest absolute Gasteiger partial charge is 0.273 e. The van der Waals surface area contributed by atoms with E-state index in [0.717, 1.165) is 5.56 Å². The number of nitrogens with zero attached hydrogens (tertiary/aromatic N) is 1. The van der Waals surface area contributed by atoms with Gasteiger partial charge < -0.3 is 28.7 Å². The summed E-state index contributed by atoms with van der Waals surface area (Å²) in [6.45, 7) is 2.24. The van der Waals surface area contributed by atoms with E-state index in [1.54, 1.807) is 39.3 Å². The van der Waals surface area contributed by atoms with Crippen molar-refractivity contribution in [2.75, 3.05) is 21.0 Å². The van der Waals surface area contributed by atoms with E-state index in [4.69, 9.17) is 23.4 Å². The number of oxazole rings is 1. The Balaban J connectivity index is 1.49. The van der Waals surface area contributed by atoms with Crippen LogP contribution in [0.15, 0.2) is 40.8 Å². The average Bonchev–Trinajstić information content (AvgIpc) is 3.37. The van der Waals surface area contributed by atoms with Gasteiger partial charge in [-0.2, -0.15) is 0 Å². The van der Waals surface area contributed by atoms with Gasteiger partial charge >= 0.3 is 0 Å². The Labute approximate surface area is 167 Å². The zero-order valence-corrected chi connectivity index (χ0v) is 16.3. The molecule has 0 fully saturated rings. The molecule has 4 rings (SSSR count). The Morgan fingerprint density at radius 3 is 2.66 bits per heavy atom. The third-order valence-electron chi connectivity index (χ3n) is 4.53. The van der Waals surface area contributed by atoms with E-state index >= 15 is 0 Å². The fourth-order valence-corrected chi connectivity index (χ4v) is 3.02. The van der Waals surface area contributed by atoms with E-state index in [1.807, 2.05) is 18.2 Å². The number of fused-ring (bicyclic) bond motifs is 1. The molecule has 150 valence electrons. The van der Waals surface area contributed by atoms with Crippen molar-refractivity contribution < 1.29 is 28.2 Å². The first-order valence-corrected chi connectivity index (χ1v) is 8.95. The van der Waals surface area contributed by atoms with Crippen LogP contribution in [0.3, 0.4) is 0 Å². The second-order valence-corrected chi connectivity index (χ2v) is 6.36. The molecular weight excluding hydrogens is 376 g/mol. The molecule has 0 bridgehead atoms. The summed E-state index contributed by atoms with van der Waals surface area (Å²) >= 11 is 0. The zero-order chi connectivity index (χ0) is 20.4. The molecule has 1 aliphatic heterocycles. The minimum absolute atomic E-state index is 0.211. The van der Waals surface area contributed by atoms with E-state index < -0.39 is 0 Å². The first-order valence-electron chi connectivity index (χ1n) is 8.95. The molecule has 1 N–H and O–H groups in total. The Morgan fingerprint density at radius 2 is 1.86 bits per heavy atom. The van der Waals surface area contributed by atoms with Crippen LogP contribution in [-0.2, 0) is 6.54 Å². The zero-order valence-electron chi connectivity index (χ0n) is 16.3. The van der Waals surface area contributed by atoms with Crippen molar-refractivity contribution in [3.8, 4) is 34.5 Å². The summed E-state index contributed by atoms with van der Waals surface area (Å²) in [5.41, 5.74) is 1.81. The maximum atomic E-state index is 12.6. The second-order valence-electron chi connectivity index (χ2n) is 6.36. The maximum Gasteiger partial charge on any atom is 0.273 e. The number of nitrogens with one attached hydrogen (secondary N) is 1. The van der Waals surface area contributed by atoms with Crippen molar-refractivity contribution >= 4 is 5.91 Å². The summed E-state index contributed by atoms with van der Waals surface area (Å²) in [5.74, 6) is 2.96. The van der Waals surface area contributed by atoms with Gasteiger partial charge in [-0.25, -0.2) is 4.98 Å². The predicted octanol–water partition coefficient (Wildman–Crippen LogP) is 3.33. The molecule has 1 amide bonds. The van der Waals surface area contributed by atoms with Gasteiger partial charge in [0.1, 0.15) is 5.76 Å². The number of aryl methyl sites for hydroxylation is 1. The molecule has 0 radical (unpaired) electrons. The topological polar surface area (TPSA) is 92.1 Å². The highest BCUT2D eigenvalue weighted by atomic mass is 16.7. The van der Waals surface area contributed by atoms with Crippen LogP contribution in [0.2, 0.25) is 0 Å². The first-order chi connectivity index (χ1) is 14.1. The summed E-state index contributed by atoms with van der Waals surface area (Å²) < 4.78 is 26.9. The van der Waals surface area contributed by atoms with E-state index in [1.165, 1.54) is 0 Å². The Bertz CT molecular complexity index is 1060. The molecule has 8 nitrogen and oxygen atoms in total. The van der Waals surface area contributed by atoms with Crippen molar-refractivity contribution in [1.82, 2.24) is 10.3 Å². The van der Waals surface area contributed by atoms with E-state index in [2.05, 4.69) is 10.3 Å². The molecule has 1 aromatic heterocycles. The fraction of sp³-hybridized carbons (Fsp3) is 0.238. The molecule has 2 heterocycles. The maximum absolute atomic E-state index is 12.6. The van der Waals surface area contributed by atoms with Gasteiger partial charge in [-0.15, -0.1) is 0 Å². The minimum atomic E-state index is -0.323. The molecule has 0 saturated heterocycles. The first kappa shape index (κ1) is 18.7. The standard InChI is InChI=1S/C21H20N2O6/c1-12-19(20(24)22-10-13-4-6-16-18(8-13)28-11-27-16)23-21(29-12)14-5-7-15(25-2)17(9-14)26-3/h4-9H,10-11H2,1-3H3,(H,22,24). The van der Waals surface area contributed by atoms with Gasteiger partial charge in [0.05, 0.1) is 14.2 Å². The number of methoxy groups -OCH3 is 2. The second kappa shape index (κ2) is 7.75. The molecule has 8 heteroatoms. The van der Waals surface area contributed by atoms with Gasteiger partial charge in [0.15, 0.2) is 28.7 Å². The number of hydrogen-bond acceptors (Lipinski definition) is 7. The van der Waals surface area contributed by atoms with Gasteiger partial charge in [-0.1, -0.05) is 6.07 Å². The molecule has 0 spiro atoms. The van der Waals surface area contributed by atoms with Crippen molar-refractivity contribution in [2.45, 2.75) is 13.5 Å². The quantitative estimate of drug-likeness (QED) is 0.683. The lowest BCUT2D eigenvalue weighted by Crippen LogP contribution is -2.23. The summed E-state index contributed by atoms with van der Waals surface area (Å²) in [6, 6.07) is 10.8. The van der Waals surface area contributed by atoms with Crippen LogP contribution in [0.5, 0.6) is 23.0 Å². The van der Waals surface area contributed by atoms with E-state index in [0.29, 0.717) is 46.8 Å². The highest BCUT2D eigenvalue weighted by molar-refractivity contribution is 5.93. The van der Waals surface area contributed by atoms with Gasteiger partial charge in [0.25, 0.3) is 5.91 Å². The lowest BCUT2D eigenvalue weighted by molar-refractivity contribution is 0.0945. The summed E-state index contributed by atoms with van der Waals surface area (Å²) in [4.78, 5) is 17.0. The van der Waals surface area contributed by atoms with E-state index in [9.17, 15) is 4.79 Å². The largest absolute Gasteiger partial charge is 0.493 e. The number of amides is 1. The summed E-state index contributed by atoms with van der Waals surface area (Å²) in [7, 11) is 3.12. The molecule has 1 aliphatic rings. The van der Waals surface area contributed by atoms with Gasteiger partial charge in [0, 0.05) is 12.1 Å². The monoisotopic (exact) mass is 396 g/mol. The summed E-state index contributed by atoms with van der Waals surface area (Å²) in [6.07, 6.45) is 0. The third-order valence-corrected chi connectivity index (χ3v) is 4.53. The Kier molecular flexibility index (Phi) is 4.99. The molecule has 0 aliphatic carbocycles. The normalized spacial score (nSPS) is 12.0. The molecule has 29 heavy (non-hydrogen) atoms. The predicted molar refractivity (Wildman–Crippen MR) is 104 cm³/mol. The minimum Gasteiger partial charge on any atom is -0.493 e. The van der Waals surface area contributed by atoms with Crippen LogP contribution in [-0.4, -0.2) is 31.9 Å². The Hall–Kier alpha value is -3.68. The van der Waals surface area contributed by atoms with Crippen molar-refractivity contribution in [2.24, 2.45) is 0 Å². The lowest BCUT2D eigenvalue weighted by atomic mass is 10.2. The Morgan fingerprint density at radius 1 is 1.07 bits per heavy atom. The van der Waals surface area contributed by atoms with Gasteiger partial charge in [0.2, 0.25) is 12.7 Å².